The van der Waals surface area contributed by atoms with Crippen LogP contribution in [0.4, 0.5) is 11.5 Å². The summed E-state index contributed by atoms with van der Waals surface area (Å²) in [5.41, 5.74) is 0.880. The first kappa shape index (κ1) is 20.9. The Labute approximate surface area is 170 Å². The van der Waals surface area contributed by atoms with Gasteiger partial charge in [-0.05, 0) is 44.0 Å². The summed E-state index contributed by atoms with van der Waals surface area (Å²) in [6.45, 7) is 3.30. The van der Waals surface area contributed by atoms with Crippen LogP contribution in [0.15, 0.2) is 47.5 Å². The molecular formula is C20H24N4O4S. The fourth-order valence-corrected chi connectivity index (χ4v) is 4.16. The summed E-state index contributed by atoms with van der Waals surface area (Å²) >= 11 is 0. The third-order valence-electron chi connectivity index (χ3n) is 4.66. The van der Waals surface area contributed by atoms with Gasteiger partial charge in [-0.15, -0.1) is 0 Å². The fourth-order valence-electron chi connectivity index (χ4n) is 3.08. The Balaban J connectivity index is 1.50. The molecule has 2 N–H and O–H groups in total. The highest BCUT2D eigenvalue weighted by Crippen LogP contribution is 2.19. The van der Waals surface area contributed by atoms with Gasteiger partial charge in [0, 0.05) is 31.6 Å². The van der Waals surface area contributed by atoms with E-state index in [9.17, 15) is 18.0 Å². The second kappa shape index (κ2) is 9.15. The van der Waals surface area contributed by atoms with Crippen LogP contribution in [-0.2, 0) is 14.8 Å². The van der Waals surface area contributed by atoms with E-state index in [1.165, 1.54) is 25.1 Å². The van der Waals surface area contributed by atoms with E-state index in [0.29, 0.717) is 11.3 Å². The summed E-state index contributed by atoms with van der Waals surface area (Å²) in [7, 11) is -3.80. The minimum atomic E-state index is -3.80. The molecule has 154 valence electrons. The van der Waals surface area contributed by atoms with Crippen molar-refractivity contribution in [3.63, 3.8) is 0 Å². The molecule has 1 aromatic heterocycles. The molecule has 2 heterocycles. The first-order valence-corrected chi connectivity index (χ1v) is 10.9. The van der Waals surface area contributed by atoms with Gasteiger partial charge >= 0.3 is 0 Å². The Kier molecular flexibility index (Phi) is 6.60. The van der Waals surface area contributed by atoms with Crippen molar-refractivity contribution in [2.24, 2.45) is 0 Å². The van der Waals surface area contributed by atoms with Crippen molar-refractivity contribution in [3.8, 4) is 0 Å². The lowest BCUT2D eigenvalue weighted by atomic mass is 10.2. The van der Waals surface area contributed by atoms with E-state index in [1.807, 2.05) is 6.07 Å². The van der Waals surface area contributed by atoms with Gasteiger partial charge in [0.25, 0.3) is 0 Å². The van der Waals surface area contributed by atoms with E-state index in [4.69, 9.17) is 0 Å². The highest BCUT2D eigenvalue weighted by atomic mass is 32.2. The highest BCUT2D eigenvalue weighted by molar-refractivity contribution is 7.89. The van der Waals surface area contributed by atoms with E-state index < -0.39 is 10.0 Å². The number of amides is 1. The highest BCUT2D eigenvalue weighted by Gasteiger charge is 2.16. The van der Waals surface area contributed by atoms with Crippen molar-refractivity contribution < 1.29 is 18.0 Å². The van der Waals surface area contributed by atoms with E-state index in [1.54, 1.807) is 18.3 Å². The predicted molar refractivity (Wildman–Crippen MR) is 111 cm³/mol. The maximum absolute atomic E-state index is 12.3. The van der Waals surface area contributed by atoms with Gasteiger partial charge in [0.1, 0.15) is 5.82 Å². The van der Waals surface area contributed by atoms with Crippen molar-refractivity contribution in [2.45, 2.75) is 31.1 Å². The van der Waals surface area contributed by atoms with Gasteiger partial charge in [-0.3, -0.25) is 9.59 Å². The zero-order valence-corrected chi connectivity index (χ0v) is 17.0. The average molecular weight is 417 g/mol. The second-order valence-corrected chi connectivity index (χ2v) is 8.65. The van der Waals surface area contributed by atoms with E-state index in [2.05, 4.69) is 19.9 Å². The molecule has 0 saturated carbocycles. The first-order chi connectivity index (χ1) is 13.8. The summed E-state index contributed by atoms with van der Waals surface area (Å²) in [6, 6.07) is 9.44. The minimum Gasteiger partial charge on any atom is -0.357 e. The number of nitrogens with zero attached hydrogens (tertiary/aromatic N) is 2. The molecule has 0 spiro atoms. The molecule has 1 aromatic carbocycles. The molecule has 9 heteroatoms. The zero-order chi connectivity index (χ0) is 20.9. The van der Waals surface area contributed by atoms with Gasteiger partial charge in [-0.2, -0.15) is 0 Å². The molecule has 1 fully saturated rings. The van der Waals surface area contributed by atoms with Gasteiger partial charge < -0.3 is 10.2 Å². The first-order valence-electron chi connectivity index (χ1n) is 9.47. The van der Waals surface area contributed by atoms with Crippen LogP contribution in [0.1, 0.15) is 36.5 Å². The summed E-state index contributed by atoms with van der Waals surface area (Å²) in [6.07, 6.45) is 3.90. The summed E-state index contributed by atoms with van der Waals surface area (Å²) in [5.74, 6) is 0.354. The molecule has 0 bridgehead atoms. The smallest absolute Gasteiger partial charge is 0.240 e. The number of Topliss-reactive ketones (excluding diaryl/α,β-unsaturated/α-hetero) is 1. The third kappa shape index (κ3) is 5.61. The van der Waals surface area contributed by atoms with Crippen LogP contribution in [0, 0.1) is 0 Å². The normalized spacial score (nSPS) is 14.0. The van der Waals surface area contributed by atoms with Crippen LogP contribution in [-0.4, -0.2) is 44.7 Å². The molecule has 1 aliphatic heterocycles. The number of hydrogen-bond donors (Lipinski definition) is 2. The van der Waals surface area contributed by atoms with Gasteiger partial charge in [0.2, 0.25) is 15.9 Å². The number of carbonyl (C=O) groups is 2. The second-order valence-electron chi connectivity index (χ2n) is 6.88. The molecule has 0 unspecified atom stereocenters. The Hall–Kier alpha value is -2.78. The van der Waals surface area contributed by atoms with Crippen LogP contribution >= 0.6 is 0 Å². The lowest BCUT2D eigenvalue weighted by Crippen LogP contribution is -2.28. The van der Waals surface area contributed by atoms with Crippen LogP contribution < -0.4 is 14.9 Å². The largest absolute Gasteiger partial charge is 0.357 e. The molecule has 29 heavy (non-hydrogen) atoms. The maximum Gasteiger partial charge on any atom is 0.240 e. The van der Waals surface area contributed by atoms with Crippen molar-refractivity contribution in [2.75, 3.05) is 29.9 Å². The minimum absolute atomic E-state index is 0.00712. The van der Waals surface area contributed by atoms with Gasteiger partial charge in [-0.25, -0.2) is 18.1 Å². The molecule has 0 radical (unpaired) electrons. The molecule has 1 saturated heterocycles. The number of sulfonamides is 1. The van der Waals surface area contributed by atoms with Crippen LogP contribution in [0.2, 0.25) is 0 Å². The molecule has 1 aliphatic rings. The molecule has 0 aliphatic carbocycles. The number of pyridine rings is 1. The topological polar surface area (TPSA) is 108 Å². The summed E-state index contributed by atoms with van der Waals surface area (Å²) < 4.78 is 27.1. The Morgan fingerprint density at radius 3 is 2.55 bits per heavy atom. The number of benzene rings is 1. The van der Waals surface area contributed by atoms with E-state index in [-0.39, 0.29) is 29.6 Å². The number of carbonyl (C=O) groups excluding carboxylic acids is 2. The van der Waals surface area contributed by atoms with Crippen molar-refractivity contribution >= 4 is 33.2 Å². The van der Waals surface area contributed by atoms with E-state index >= 15 is 0 Å². The Morgan fingerprint density at radius 2 is 1.90 bits per heavy atom. The average Bonchev–Trinajstić information content (AvgIpc) is 3.23. The SMILES string of the molecule is CC(=O)c1cccc(S(=O)(=O)NCCC(=O)Nc2ccc(N3CCCC3)nc2)c1. The number of aromatic nitrogens is 1. The lowest BCUT2D eigenvalue weighted by Gasteiger charge is -2.16. The van der Waals surface area contributed by atoms with Gasteiger partial charge in [0.05, 0.1) is 16.8 Å². The van der Waals surface area contributed by atoms with E-state index in [0.717, 1.165) is 31.7 Å². The van der Waals surface area contributed by atoms with Crippen molar-refractivity contribution in [1.29, 1.82) is 0 Å². The molecule has 8 nitrogen and oxygen atoms in total. The number of rotatable bonds is 8. The quantitative estimate of drug-likeness (QED) is 0.639. The molecular weight excluding hydrogens is 392 g/mol. The predicted octanol–water partition coefficient (Wildman–Crippen LogP) is 2.19. The molecule has 1 amide bonds. The van der Waals surface area contributed by atoms with Gasteiger partial charge in [0.15, 0.2) is 5.78 Å². The lowest BCUT2D eigenvalue weighted by molar-refractivity contribution is -0.116. The fraction of sp³-hybridized carbons (Fsp3) is 0.350. The number of ketones is 1. The van der Waals surface area contributed by atoms with Crippen molar-refractivity contribution in [3.05, 3.63) is 48.2 Å². The zero-order valence-electron chi connectivity index (χ0n) is 16.2. The summed E-state index contributed by atoms with van der Waals surface area (Å²) in [4.78, 5) is 30.1. The monoisotopic (exact) mass is 416 g/mol. The summed E-state index contributed by atoms with van der Waals surface area (Å²) in [5, 5.41) is 2.71. The standard InChI is InChI=1S/C20H24N4O4S/c1-15(25)16-5-4-6-18(13-16)29(27,28)22-10-9-20(26)23-17-7-8-19(21-14-17)24-11-2-3-12-24/h4-8,13-14,22H,2-3,9-12H2,1H3,(H,23,26). The number of nitrogens with one attached hydrogen (secondary N) is 2. The molecule has 2 aromatic rings. The number of anilines is 2. The van der Waals surface area contributed by atoms with Crippen LogP contribution in [0.5, 0.6) is 0 Å². The maximum atomic E-state index is 12.3. The van der Waals surface area contributed by atoms with Crippen molar-refractivity contribution in [1.82, 2.24) is 9.71 Å². The Morgan fingerprint density at radius 1 is 1.14 bits per heavy atom. The van der Waals surface area contributed by atoms with Crippen LogP contribution in [0.25, 0.3) is 0 Å². The Bertz CT molecular complexity index is 984. The molecule has 0 atom stereocenters. The molecule has 3 rings (SSSR count). The van der Waals surface area contributed by atoms with Gasteiger partial charge in [-0.1, -0.05) is 12.1 Å². The van der Waals surface area contributed by atoms with Crippen LogP contribution in [0.3, 0.4) is 0 Å². The third-order valence-corrected chi connectivity index (χ3v) is 6.12. The number of hydrogen-bond acceptors (Lipinski definition) is 6.